The fraction of sp³-hybridized carbons (Fsp3) is 0.200. The van der Waals surface area contributed by atoms with Gasteiger partial charge in [0.2, 0.25) is 0 Å². The molecule has 1 aromatic rings. The van der Waals surface area contributed by atoms with Crippen molar-refractivity contribution in [2.24, 2.45) is 0 Å². The largest absolute Gasteiger partial charge is 0.298 e. The first-order valence-corrected chi connectivity index (χ1v) is 3.99. The summed E-state index contributed by atoms with van der Waals surface area (Å²) in [6, 6.07) is 6.24. The monoisotopic (exact) mass is 160 g/mol. The van der Waals surface area contributed by atoms with Gasteiger partial charge in [-0.05, 0) is 12.5 Å². The first-order chi connectivity index (χ1) is 5.70. The Balaban J connectivity index is 2.61. The normalized spacial score (nSPS) is 14.5. The zero-order valence-corrected chi connectivity index (χ0v) is 7.39. The van der Waals surface area contributed by atoms with Crippen LogP contribution in [0.1, 0.15) is 11.1 Å². The zero-order valence-electron chi connectivity index (χ0n) is 7.39. The third-order valence-corrected chi connectivity index (χ3v) is 2.27. The van der Waals surface area contributed by atoms with Crippen LogP contribution in [0.15, 0.2) is 24.8 Å². The molecule has 2 nitrogen and oxygen atoms in total. The lowest BCUT2D eigenvalue weighted by atomic mass is 10.1. The maximum atomic E-state index is 3.98. The number of hydrogen-bond donors (Lipinski definition) is 1. The molecule has 1 aliphatic rings. The van der Waals surface area contributed by atoms with E-state index in [1.54, 1.807) is 0 Å². The highest BCUT2D eigenvalue weighted by Gasteiger charge is 2.19. The third kappa shape index (κ3) is 0.811. The lowest BCUT2D eigenvalue weighted by Gasteiger charge is -2.12. The molecule has 62 valence electrons. The Hall–Kier alpha value is -1.44. The number of fused-ring (bicyclic) bond motifs is 1. The Morgan fingerprint density at radius 2 is 2.17 bits per heavy atom. The minimum Gasteiger partial charge on any atom is -0.298 e. The molecular weight excluding hydrogens is 148 g/mol. The summed E-state index contributed by atoms with van der Waals surface area (Å²) >= 11 is 0. The van der Waals surface area contributed by atoms with Gasteiger partial charge in [0.05, 0.1) is 11.4 Å². The highest BCUT2D eigenvalue weighted by Crippen LogP contribution is 2.33. The van der Waals surface area contributed by atoms with Crippen LogP contribution in [0.3, 0.4) is 0 Å². The maximum Gasteiger partial charge on any atom is 0.0664 e. The van der Waals surface area contributed by atoms with Gasteiger partial charge in [0.1, 0.15) is 0 Å². The average Bonchev–Trinajstić information content (AvgIpc) is 2.32. The van der Waals surface area contributed by atoms with Crippen LogP contribution in [0.4, 0.5) is 5.69 Å². The van der Waals surface area contributed by atoms with Gasteiger partial charge in [0.25, 0.3) is 0 Å². The van der Waals surface area contributed by atoms with Crippen molar-refractivity contribution in [1.82, 2.24) is 5.01 Å². The predicted molar refractivity (Wildman–Crippen MR) is 51.6 cm³/mol. The minimum atomic E-state index is 1.04. The number of benzene rings is 1. The van der Waals surface area contributed by atoms with Gasteiger partial charge in [0.15, 0.2) is 0 Å². The Kier molecular flexibility index (Phi) is 1.37. The van der Waals surface area contributed by atoms with Gasteiger partial charge in [0, 0.05) is 12.6 Å². The Morgan fingerprint density at radius 3 is 2.83 bits per heavy atom. The van der Waals surface area contributed by atoms with Crippen LogP contribution in [-0.4, -0.2) is 12.1 Å². The van der Waals surface area contributed by atoms with E-state index >= 15 is 0 Å². The molecule has 0 bridgehead atoms. The van der Waals surface area contributed by atoms with E-state index in [-0.39, 0.29) is 0 Å². The fourth-order valence-corrected chi connectivity index (χ4v) is 1.47. The van der Waals surface area contributed by atoms with E-state index in [1.165, 1.54) is 16.8 Å². The van der Waals surface area contributed by atoms with E-state index in [1.807, 2.05) is 12.1 Å². The highest BCUT2D eigenvalue weighted by atomic mass is 15.5. The summed E-state index contributed by atoms with van der Waals surface area (Å²) < 4.78 is 0. The van der Waals surface area contributed by atoms with Crippen LogP contribution >= 0.6 is 0 Å². The van der Waals surface area contributed by atoms with Crippen LogP contribution < -0.4 is 5.43 Å². The zero-order chi connectivity index (χ0) is 8.72. The number of anilines is 1. The van der Waals surface area contributed by atoms with E-state index in [2.05, 4.69) is 37.1 Å². The molecule has 0 aromatic heterocycles. The average molecular weight is 160 g/mol. The molecule has 0 saturated carbocycles. The van der Waals surface area contributed by atoms with Crippen molar-refractivity contribution in [1.29, 1.82) is 0 Å². The molecule has 1 N–H and O–H groups in total. The third-order valence-electron chi connectivity index (χ3n) is 2.27. The van der Waals surface area contributed by atoms with Gasteiger partial charge in [-0.3, -0.25) is 10.4 Å². The molecule has 0 aliphatic carbocycles. The lowest BCUT2D eigenvalue weighted by Crippen LogP contribution is -2.15. The van der Waals surface area contributed by atoms with Crippen molar-refractivity contribution >= 4 is 11.4 Å². The summed E-state index contributed by atoms with van der Waals surface area (Å²) in [6.07, 6.45) is 0. The molecule has 0 amide bonds. The van der Waals surface area contributed by atoms with Crippen LogP contribution in [0.2, 0.25) is 0 Å². The van der Waals surface area contributed by atoms with E-state index in [9.17, 15) is 0 Å². The molecule has 1 aromatic carbocycles. The highest BCUT2D eigenvalue weighted by molar-refractivity contribution is 5.81. The summed E-state index contributed by atoms with van der Waals surface area (Å²) in [6.45, 7) is 6.08. The molecular formula is C10H12N2. The van der Waals surface area contributed by atoms with Crippen molar-refractivity contribution < 1.29 is 0 Å². The van der Waals surface area contributed by atoms with Gasteiger partial charge < -0.3 is 0 Å². The number of nitrogens with zero attached hydrogens (tertiary/aromatic N) is 1. The number of aryl methyl sites for hydroxylation is 1. The SMILES string of the molecule is C=C1c2cccc(C)c2NN1C. The Bertz CT molecular complexity index is 342. The lowest BCUT2D eigenvalue weighted by molar-refractivity contribution is 0.600. The van der Waals surface area contributed by atoms with E-state index in [4.69, 9.17) is 0 Å². The molecule has 1 aliphatic heterocycles. The summed E-state index contributed by atoms with van der Waals surface area (Å²) in [5.74, 6) is 0. The molecule has 12 heavy (non-hydrogen) atoms. The molecule has 2 rings (SSSR count). The summed E-state index contributed by atoms with van der Waals surface area (Å²) in [5, 5.41) is 1.94. The molecule has 2 heteroatoms. The van der Waals surface area contributed by atoms with Gasteiger partial charge in [-0.15, -0.1) is 0 Å². The number of rotatable bonds is 0. The van der Waals surface area contributed by atoms with Gasteiger partial charge in [-0.1, -0.05) is 24.8 Å². The second-order valence-electron chi connectivity index (χ2n) is 3.11. The molecule has 0 spiro atoms. The quantitative estimate of drug-likeness (QED) is 0.626. The van der Waals surface area contributed by atoms with Crippen molar-refractivity contribution in [2.45, 2.75) is 6.92 Å². The van der Waals surface area contributed by atoms with E-state index < -0.39 is 0 Å². The van der Waals surface area contributed by atoms with Crippen molar-refractivity contribution in [3.8, 4) is 0 Å². The maximum absolute atomic E-state index is 3.98. The predicted octanol–water partition coefficient (Wildman–Crippen LogP) is 2.24. The van der Waals surface area contributed by atoms with Crippen LogP contribution in [0.5, 0.6) is 0 Å². The topological polar surface area (TPSA) is 15.3 Å². The molecule has 0 unspecified atom stereocenters. The van der Waals surface area contributed by atoms with E-state index in [0.717, 1.165) is 5.70 Å². The first kappa shape index (κ1) is 7.22. The van der Waals surface area contributed by atoms with Crippen LogP contribution in [0, 0.1) is 6.92 Å². The molecule has 0 radical (unpaired) electrons. The molecule has 0 atom stereocenters. The van der Waals surface area contributed by atoms with E-state index in [0.29, 0.717) is 0 Å². The van der Waals surface area contributed by atoms with Crippen LogP contribution in [0.25, 0.3) is 5.70 Å². The van der Waals surface area contributed by atoms with Crippen molar-refractivity contribution in [3.63, 3.8) is 0 Å². The standard InChI is InChI=1S/C10H12N2/c1-7-5-4-6-9-8(2)12(3)11-10(7)9/h4-6,11H,2H2,1,3H3. The summed E-state index contributed by atoms with van der Waals surface area (Å²) in [5.41, 5.74) is 7.94. The molecule has 0 saturated heterocycles. The molecule has 1 heterocycles. The number of hydrazine groups is 1. The Morgan fingerprint density at radius 1 is 1.42 bits per heavy atom. The first-order valence-electron chi connectivity index (χ1n) is 3.99. The van der Waals surface area contributed by atoms with Crippen molar-refractivity contribution in [3.05, 3.63) is 35.9 Å². The van der Waals surface area contributed by atoms with Crippen molar-refractivity contribution in [2.75, 3.05) is 12.5 Å². The Labute approximate surface area is 72.5 Å². The number of nitrogens with one attached hydrogen (secondary N) is 1. The number of hydrogen-bond acceptors (Lipinski definition) is 2. The second kappa shape index (κ2) is 2.27. The second-order valence-corrected chi connectivity index (χ2v) is 3.11. The molecule has 0 fully saturated rings. The van der Waals surface area contributed by atoms with Gasteiger partial charge >= 0.3 is 0 Å². The number of para-hydroxylation sites is 1. The van der Waals surface area contributed by atoms with Gasteiger partial charge in [-0.2, -0.15) is 0 Å². The minimum absolute atomic E-state index is 1.04. The summed E-state index contributed by atoms with van der Waals surface area (Å²) in [4.78, 5) is 0. The summed E-state index contributed by atoms with van der Waals surface area (Å²) in [7, 11) is 1.97. The van der Waals surface area contributed by atoms with Crippen LogP contribution in [-0.2, 0) is 0 Å². The van der Waals surface area contributed by atoms with Gasteiger partial charge in [-0.25, -0.2) is 0 Å². The smallest absolute Gasteiger partial charge is 0.0664 e. The fourth-order valence-electron chi connectivity index (χ4n) is 1.47.